The molecule has 0 bridgehead atoms. The van der Waals surface area contributed by atoms with Crippen molar-refractivity contribution >= 4 is 5.91 Å². The second-order valence-electron chi connectivity index (χ2n) is 5.50. The molecular weight excluding hydrogens is 258 g/mol. The second kappa shape index (κ2) is 6.54. The van der Waals surface area contributed by atoms with Crippen LogP contribution in [0.15, 0.2) is 21.9 Å². The SMILES string of the molecule is CCCn1ccc(=O)n(CC(=O)NC(C)(C)CC)c1=O. The summed E-state index contributed by atoms with van der Waals surface area (Å²) >= 11 is 0. The van der Waals surface area contributed by atoms with Crippen LogP contribution >= 0.6 is 0 Å². The molecule has 0 unspecified atom stereocenters. The standard InChI is InChI=1S/C14H23N3O3/c1-5-8-16-9-7-12(19)17(13(16)20)10-11(18)15-14(3,4)6-2/h7,9H,5-6,8,10H2,1-4H3,(H,15,18). The maximum absolute atomic E-state index is 12.1. The molecule has 0 aliphatic carbocycles. The minimum Gasteiger partial charge on any atom is -0.350 e. The number of aromatic nitrogens is 2. The Hall–Kier alpha value is -1.85. The molecule has 1 N–H and O–H groups in total. The number of hydrogen-bond acceptors (Lipinski definition) is 3. The predicted molar refractivity (Wildman–Crippen MR) is 77.8 cm³/mol. The summed E-state index contributed by atoms with van der Waals surface area (Å²) in [5.74, 6) is -0.328. The molecule has 6 nitrogen and oxygen atoms in total. The van der Waals surface area contributed by atoms with Gasteiger partial charge in [-0.05, 0) is 26.7 Å². The van der Waals surface area contributed by atoms with Crippen molar-refractivity contribution in [1.82, 2.24) is 14.5 Å². The van der Waals surface area contributed by atoms with Gasteiger partial charge < -0.3 is 9.88 Å². The highest BCUT2D eigenvalue weighted by Crippen LogP contribution is 2.06. The van der Waals surface area contributed by atoms with Crippen LogP contribution in [0.4, 0.5) is 0 Å². The summed E-state index contributed by atoms with van der Waals surface area (Å²) in [6.07, 6.45) is 3.02. The Morgan fingerprint density at radius 3 is 2.50 bits per heavy atom. The van der Waals surface area contributed by atoms with Crippen LogP contribution in [0.2, 0.25) is 0 Å². The van der Waals surface area contributed by atoms with E-state index in [0.29, 0.717) is 6.54 Å². The normalized spacial score (nSPS) is 11.4. The highest BCUT2D eigenvalue weighted by molar-refractivity contribution is 5.76. The summed E-state index contributed by atoms with van der Waals surface area (Å²) < 4.78 is 2.41. The van der Waals surface area contributed by atoms with Crippen molar-refractivity contribution in [2.24, 2.45) is 0 Å². The molecule has 0 saturated carbocycles. The van der Waals surface area contributed by atoms with E-state index in [1.165, 1.54) is 16.8 Å². The number of carbonyl (C=O) groups is 1. The van der Waals surface area contributed by atoms with Crippen molar-refractivity contribution < 1.29 is 4.79 Å². The van der Waals surface area contributed by atoms with E-state index in [9.17, 15) is 14.4 Å². The number of hydrogen-bond donors (Lipinski definition) is 1. The zero-order valence-corrected chi connectivity index (χ0v) is 12.6. The van der Waals surface area contributed by atoms with E-state index in [1.807, 2.05) is 27.7 Å². The lowest BCUT2D eigenvalue weighted by molar-refractivity contribution is -0.123. The van der Waals surface area contributed by atoms with Gasteiger partial charge in [-0.2, -0.15) is 0 Å². The Kier molecular flexibility index (Phi) is 5.30. The Morgan fingerprint density at radius 2 is 1.95 bits per heavy atom. The molecule has 112 valence electrons. The van der Waals surface area contributed by atoms with Gasteiger partial charge in [-0.25, -0.2) is 4.79 Å². The molecule has 0 fully saturated rings. The second-order valence-corrected chi connectivity index (χ2v) is 5.50. The number of carbonyl (C=O) groups excluding carboxylic acids is 1. The molecule has 0 atom stereocenters. The molecule has 1 amide bonds. The molecule has 1 rings (SSSR count). The lowest BCUT2D eigenvalue weighted by atomic mass is 10.0. The average Bonchev–Trinajstić information content (AvgIpc) is 2.37. The number of nitrogens with one attached hydrogen (secondary N) is 1. The molecule has 0 radical (unpaired) electrons. The van der Waals surface area contributed by atoms with Gasteiger partial charge >= 0.3 is 5.69 Å². The van der Waals surface area contributed by atoms with Crippen molar-refractivity contribution in [2.75, 3.05) is 0 Å². The fourth-order valence-electron chi connectivity index (χ4n) is 1.76. The lowest BCUT2D eigenvalue weighted by Crippen LogP contribution is -2.48. The van der Waals surface area contributed by atoms with E-state index in [4.69, 9.17) is 0 Å². The third-order valence-corrected chi connectivity index (χ3v) is 3.27. The summed E-state index contributed by atoms with van der Waals surface area (Å²) in [6, 6.07) is 1.31. The van der Waals surface area contributed by atoms with Gasteiger partial charge in [0.1, 0.15) is 6.54 Å². The molecule has 6 heteroatoms. The van der Waals surface area contributed by atoms with E-state index in [-0.39, 0.29) is 18.0 Å². The fraction of sp³-hybridized carbons (Fsp3) is 0.643. The van der Waals surface area contributed by atoms with Gasteiger partial charge in [0, 0.05) is 24.3 Å². The van der Waals surface area contributed by atoms with E-state index >= 15 is 0 Å². The van der Waals surface area contributed by atoms with Crippen LogP contribution in [0.1, 0.15) is 40.5 Å². The third kappa shape index (κ3) is 4.08. The van der Waals surface area contributed by atoms with E-state index in [0.717, 1.165) is 17.4 Å². The molecule has 0 saturated heterocycles. The highest BCUT2D eigenvalue weighted by atomic mass is 16.2. The quantitative estimate of drug-likeness (QED) is 0.835. The molecule has 0 spiro atoms. The van der Waals surface area contributed by atoms with Crippen molar-refractivity contribution in [2.45, 2.75) is 59.2 Å². The number of rotatable bonds is 6. The predicted octanol–water partition coefficient (Wildman–Crippen LogP) is 0.725. The largest absolute Gasteiger partial charge is 0.350 e. The Balaban J connectivity index is 2.98. The van der Waals surface area contributed by atoms with Gasteiger partial charge in [0.15, 0.2) is 0 Å². The fourth-order valence-corrected chi connectivity index (χ4v) is 1.76. The summed E-state index contributed by atoms with van der Waals surface area (Å²) in [5, 5.41) is 2.81. The minimum atomic E-state index is -0.452. The van der Waals surface area contributed by atoms with Crippen molar-refractivity contribution in [1.29, 1.82) is 0 Å². The molecule has 0 aromatic carbocycles. The Bertz CT molecular complexity index is 584. The van der Waals surface area contributed by atoms with Crippen molar-refractivity contribution in [3.8, 4) is 0 Å². The summed E-state index contributed by atoms with van der Waals surface area (Å²) in [6.45, 7) is 7.98. The third-order valence-electron chi connectivity index (χ3n) is 3.27. The van der Waals surface area contributed by atoms with Crippen LogP contribution in [-0.4, -0.2) is 20.6 Å². The molecule has 1 heterocycles. The first kappa shape index (κ1) is 16.2. The van der Waals surface area contributed by atoms with Crippen LogP contribution in [-0.2, 0) is 17.9 Å². The molecule has 20 heavy (non-hydrogen) atoms. The van der Waals surface area contributed by atoms with Gasteiger partial charge in [-0.3, -0.25) is 14.2 Å². The zero-order valence-electron chi connectivity index (χ0n) is 12.6. The Morgan fingerprint density at radius 1 is 1.30 bits per heavy atom. The number of amides is 1. The molecular formula is C14H23N3O3. The first-order valence-corrected chi connectivity index (χ1v) is 6.92. The maximum Gasteiger partial charge on any atom is 0.331 e. The van der Waals surface area contributed by atoms with Crippen molar-refractivity contribution in [3.05, 3.63) is 33.1 Å². The monoisotopic (exact) mass is 281 g/mol. The number of nitrogens with zero attached hydrogens (tertiary/aromatic N) is 2. The van der Waals surface area contributed by atoms with Gasteiger partial charge in [0.25, 0.3) is 5.56 Å². The van der Waals surface area contributed by atoms with Gasteiger partial charge in [0.2, 0.25) is 5.91 Å². The number of aryl methyl sites for hydroxylation is 1. The van der Waals surface area contributed by atoms with Crippen LogP contribution < -0.4 is 16.6 Å². The Labute approximate surface area is 118 Å². The average molecular weight is 281 g/mol. The van der Waals surface area contributed by atoms with E-state index in [1.54, 1.807) is 0 Å². The van der Waals surface area contributed by atoms with Gasteiger partial charge in [0.05, 0.1) is 0 Å². The first-order valence-electron chi connectivity index (χ1n) is 6.92. The smallest absolute Gasteiger partial charge is 0.331 e. The molecule has 0 aliphatic heterocycles. The summed E-state index contributed by atoms with van der Waals surface area (Å²) in [4.78, 5) is 35.8. The van der Waals surface area contributed by atoms with E-state index in [2.05, 4.69) is 5.32 Å². The maximum atomic E-state index is 12.1. The van der Waals surface area contributed by atoms with Crippen molar-refractivity contribution in [3.63, 3.8) is 0 Å². The highest BCUT2D eigenvalue weighted by Gasteiger charge is 2.19. The van der Waals surface area contributed by atoms with Gasteiger partial charge in [-0.1, -0.05) is 13.8 Å². The lowest BCUT2D eigenvalue weighted by Gasteiger charge is -2.24. The topological polar surface area (TPSA) is 73.1 Å². The van der Waals surface area contributed by atoms with Crippen LogP contribution in [0.25, 0.3) is 0 Å². The van der Waals surface area contributed by atoms with Crippen LogP contribution in [0.3, 0.4) is 0 Å². The molecule has 1 aromatic rings. The van der Waals surface area contributed by atoms with Gasteiger partial charge in [-0.15, -0.1) is 0 Å². The first-order chi connectivity index (χ1) is 9.30. The van der Waals surface area contributed by atoms with E-state index < -0.39 is 11.2 Å². The van der Waals surface area contributed by atoms with Crippen LogP contribution in [0.5, 0.6) is 0 Å². The summed E-state index contributed by atoms with van der Waals surface area (Å²) in [5.41, 5.74) is -1.24. The molecule has 0 aliphatic rings. The molecule has 1 aromatic heterocycles. The van der Waals surface area contributed by atoms with Crippen LogP contribution in [0, 0.1) is 0 Å². The summed E-state index contributed by atoms with van der Waals surface area (Å²) in [7, 11) is 0. The minimum absolute atomic E-state index is 0.244. The zero-order chi connectivity index (χ0) is 15.3.